The van der Waals surface area contributed by atoms with Crippen LogP contribution in [-0.4, -0.2) is 49.2 Å². The predicted octanol–water partition coefficient (Wildman–Crippen LogP) is 0.690. The van der Waals surface area contributed by atoms with Gasteiger partial charge in [0.1, 0.15) is 0 Å². The second kappa shape index (κ2) is 4.51. The fourth-order valence-electron chi connectivity index (χ4n) is 1.55. The zero-order valence-corrected chi connectivity index (χ0v) is 8.67. The molecule has 2 N–H and O–H groups in total. The van der Waals surface area contributed by atoms with Gasteiger partial charge < -0.3 is 10.5 Å². The molecular formula is C9H18F2N2O. The lowest BCUT2D eigenvalue weighted by Gasteiger charge is -2.38. The first-order valence-electron chi connectivity index (χ1n) is 4.88. The van der Waals surface area contributed by atoms with E-state index in [-0.39, 0.29) is 18.7 Å². The summed E-state index contributed by atoms with van der Waals surface area (Å²) >= 11 is 0. The maximum atomic E-state index is 13.0. The number of nitrogens with two attached hydrogens (primary N) is 1. The Hall–Kier alpha value is -0.260. The third-order valence-corrected chi connectivity index (χ3v) is 2.47. The molecular weight excluding hydrogens is 190 g/mol. The number of halogens is 2. The Labute approximate surface area is 83.2 Å². The highest BCUT2D eigenvalue weighted by atomic mass is 19.3. The van der Waals surface area contributed by atoms with Crippen LogP contribution in [0.25, 0.3) is 0 Å². The van der Waals surface area contributed by atoms with E-state index in [4.69, 9.17) is 10.5 Å². The van der Waals surface area contributed by atoms with E-state index in [0.29, 0.717) is 13.2 Å². The number of nitrogens with zero attached hydrogens (tertiary/aromatic N) is 1. The molecule has 0 aliphatic carbocycles. The fourth-order valence-corrected chi connectivity index (χ4v) is 1.55. The molecule has 0 amide bonds. The van der Waals surface area contributed by atoms with Crippen LogP contribution >= 0.6 is 0 Å². The minimum Gasteiger partial charge on any atom is -0.376 e. The molecule has 2 atom stereocenters. The molecule has 1 rings (SSSR count). The molecule has 0 aromatic heterocycles. The molecule has 84 valence electrons. The minimum absolute atomic E-state index is 0.0276. The fraction of sp³-hybridized carbons (Fsp3) is 1.00. The van der Waals surface area contributed by atoms with Gasteiger partial charge in [-0.15, -0.1) is 0 Å². The lowest BCUT2D eigenvalue weighted by Crippen LogP contribution is -2.52. The van der Waals surface area contributed by atoms with Gasteiger partial charge in [-0.25, -0.2) is 8.78 Å². The van der Waals surface area contributed by atoms with Crippen molar-refractivity contribution in [1.29, 1.82) is 0 Å². The number of alkyl halides is 2. The summed E-state index contributed by atoms with van der Waals surface area (Å²) in [6.45, 7) is 3.99. The highest BCUT2D eigenvalue weighted by Crippen LogP contribution is 2.18. The molecule has 14 heavy (non-hydrogen) atoms. The van der Waals surface area contributed by atoms with Crippen LogP contribution in [0.1, 0.15) is 13.8 Å². The third-order valence-electron chi connectivity index (χ3n) is 2.47. The van der Waals surface area contributed by atoms with E-state index < -0.39 is 12.5 Å². The van der Waals surface area contributed by atoms with Gasteiger partial charge in [0.15, 0.2) is 0 Å². The zero-order valence-electron chi connectivity index (χ0n) is 8.67. The van der Waals surface area contributed by atoms with Crippen LogP contribution in [0, 0.1) is 0 Å². The molecule has 5 heteroatoms. The van der Waals surface area contributed by atoms with Gasteiger partial charge in [0, 0.05) is 12.6 Å². The Kier molecular flexibility index (Phi) is 3.80. The van der Waals surface area contributed by atoms with Gasteiger partial charge in [0.2, 0.25) is 0 Å². The maximum absolute atomic E-state index is 13.0. The number of morpholine rings is 1. The van der Waals surface area contributed by atoms with Crippen molar-refractivity contribution in [2.75, 3.05) is 26.2 Å². The average molecular weight is 208 g/mol. The summed E-state index contributed by atoms with van der Waals surface area (Å²) in [5.74, 6) is -2.79. The first-order valence-corrected chi connectivity index (χ1v) is 4.88. The number of hydrogen-bond donors (Lipinski definition) is 1. The summed E-state index contributed by atoms with van der Waals surface area (Å²) in [6.07, 6.45) is 0.0276. The smallest absolute Gasteiger partial charge is 0.272 e. The van der Waals surface area contributed by atoms with Crippen molar-refractivity contribution >= 4 is 0 Å². The van der Waals surface area contributed by atoms with E-state index in [0.717, 1.165) is 0 Å². The standard InChI is InChI=1S/C9H18F2N2O/c1-7-4-14-8(2)3-13(7)6-9(10,11)5-12/h7-8H,3-6,12H2,1-2H3. The van der Waals surface area contributed by atoms with Crippen LogP contribution in [0.15, 0.2) is 0 Å². The van der Waals surface area contributed by atoms with Gasteiger partial charge in [-0.1, -0.05) is 0 Å². The molecule has 1 aliphatic rings. The van der Waals surface area contributed by atoms with Crippen molar-refractivity contribution in [1.82, 2.24) is 4.90 Å². The normalized spacial score (nSPS) is 30.6. The van der Waals surface area contributed by atoms with Crippen LogP contribution in [0.3, 0.4) is 0 Å². The Morgan fingerprint density at radius 2 is 2.14 bits per heavy atom. The molecule has 0 aromatic rings. The van der Waals surface area contributed by atoms with Crippen molar-refractivity contribution in [2.24, 2.45) is 5.73 Å². The first-order chi connectivity index (χ1) is 6.44. The van der Waals surface area contributed by atoms with Crippen molar-refractivity contribution in [2.45, 2.75) is 31.9 Å². The van der Waals surface area contributed by atoms with Crippen molar-refractivity contribution in [3.05, 3.63) is 0 Å². The maximum Gasteiger partial charge on any atom is 0.272 e. The van der Waals surface area contributed by atoms with Crippen molar-refractivity contribution < 1.29 is 13.5 Å². The molecule has 1 heterocycles. The Morgan fingerprint density at radius 3 is 2.71 bits per heavy atom. The predicted molar refractivity (Wildman–Crippen MR) is 50.5 cm³/mol. The quantitative estimate of drug-likeness (QED) is 0.741. The lowest BCUT2D eigenvalue weighted by atomic mass is 10.2. The Morgan fingerprint density at radius 1 is 1.50 bits per heavy atom. The molecule has 0 radical (unpaired) electrons. The van der Waals surface area contributed by atoms with E-state index in [1.165, 1.54) is 0 Å². The lowest BCUT2D eigenvalue weighted by molar-refractivity contribution is -0.0938. The number of hydrogen-bond acceptors (Lipinski definition) is 3. The van der Waals surface area contributed by atoms with E-state index in [9.17, 15) is 8.78 Å². The van der Waals surface area contributed by atoms with E-state index in [1.54, 1.807) is 4.90 Å². The molecule has 3 nitrogen and oxygen atoms in total. The second-order valence-corrected chi connectivity index (χ2v) is 3.98. The van der Waals surface area contributed by atoms with Gasteiger partial charge in [0.05, 0.1) is 25.8 Å². The highest BCUT2D eigenvalue weighted by molar-refractivity contribution is 4.81. The number of ether oxygens (including phenoxy) is 1. The molecule has 0 spiro atoms. The van der Waals surface area contributed by atoms with Crippen molar-refractivity contribution in [3.63, 3.8) is 0 Å². The van der Waals surface area contributed by atoms with Crippen LogP contribution < -0.4 is 5.73 Å². The van der Waals surface area contributed by atoms with Gasteiger partial charge >= 0.3 is 0 Å². The molecule has 0 aromatic carbocycles. The van der Waals surface area contributed by atoms with Crippen LogP contribution in [0.4, 0.5) is 8.78 Å². The average Bonchev–Trinajstić information content (AvgIpc) is 2.11. The summed E-state index contributed by atoms with van der Waals surface area (Å²) in [5.41, 5.74) is 5.00. The van der Waals surface area contributed by atoms with E-state index in [1.807, 2.05) is 13.8 Å². The second-order valence-electron chi connectivity index (χ2n) is 3.98. The minimum atomic E-state index is -2.79. The first kappa shape index (κ1) is 11.8. The molecule has 2 unspecified atom stereocenters. The van der Waals surface area contributed by atoms with Gasteiger partial charge in [-0.05, 0) is 13.8 Å². The molecule has 1 saturated heterocycles. The van der Waals surface area contributed by atoms with Gasteiger partial charge in [-0.2, -0.15) is 0 Å². The van der Waals surface area contributed by atoms with Crippen LogP contribution in [-0.2, 0) is 4.74 Å². The van der Waals surface area contributed by atoms with Crippen LogP contribution in [0.5, 0.6) is 0 Å². The van der Waals surface area contributed by atoms with Gasteiger partial charge in [0.25, 0.3) is 5.92 Å². The largest absolute Gasteiger partial charge is 0.376 e. The SMILES string of the molecule is CC1CN(CC(F)(F)CN)C(C)CO1. The van der Waals surface area contributed by atoms with Crippen LogP contribution in [0.2, 0.25) is 0 Å². The Balaban J connectivity index is 2.49. The summed E-state index contributed by atoms with van der Waals surface area (Å²) in [5, 5.41) is 0. The molecule has 0 bridgehead atoms. The summed E-state index contributed by atoms with van der Waals surface area (Å²) in [6, 6.07) is 0.0450. The van der Waals surface area contributed by atoms with E-state index in [2.05, 4.69) is 0 Å². The summed E-state index contributed by atoms with van der Waals surface area (Å²) < 4.78 is 31.4. The summed E-state index contributed by atoms with van der Waals surface area (Å²) in [7, 11) is 0. The summed E-state index contributed by atoms with van der Waals surface area (Å²) in [4.78, 5) is 1.74. The topological polar surface area (TPSA) is 38.5 Å². The monoisotopic (exact) mass is 208 g/mol. The third kappa shape index (κ3) is 3.15. The number of rotatable bonds is 3. The molecule has 1 aliphatic heterocycles. The van der Waals surface area contributed by atoms with Crippen molar-refractivity contribution in [3.8, 4) is 0 Å². The molecule has 0 saturated carbocycles. The highest BCUT2D eigenvalue weighted by Gasteiger charge is 2.34. The Bertz CT molecular complexity index is 190. The van der Waals surface area contributed by atoms with Gasteiger partial charge in [-0.3, -0.25) is 4.90 Å². The zero-order chi connectivity index (χ0) is 10.8. The molecule has 1 fully saturated rings. The van der Waals surface area contributed by atoms with E-state index >= 15 is 0 Å².